The average molecular weight is 297 g/mol. The third kappa shape index (κ3) is 4.18. The van der Waals surface area contributed by atoms with Crippen LogP contribution in [0.25, 0.3) is 0 Å². The Balaban J connectivity index is 1.69. The summed E-state index contributed by atoms with van der Waals surface area (Å²) in [6.07, 6.45) is 2.49. The van der Waals surface area contributed by atoms with Gasteiger partial charge in [0.25, 0.3) is 0 Å². The van der Waals surface area contributed by atoms with Crippen LogP contribution in [0.1, 0.15) is 25.5 Å². The zero-order chi connectivity index (χ0) is 14.5. The van der Waals surface area contributed by atoms with Crippen LogP contribution in [0.5, 0.6) is 0 Å². The van der Waals surface area contributed by atoms with Crippen molar-refractivity contribution >= 4 is 17.2 Å². The molecule has 2 rings (SSSR count). The van der Waals surface area contributed by atoms with Crippen molar-refractivity contribution in [2.45, 2.75) is 33.2 Å². The topological polar surface area (TPSA) is 54.3 Å². The number of aromatic nitrogens is 1. The first kappa shape index (κ1) is 15.3. The summed E-state index contributed by atoms with van der Waals surface area (Å²) < 4.78 is 1.52. The van der Waals surface area contributed by atoms with E-state index in [1.807, 2.05) is 6.92 Å². The Morgan fingerprint density at radius 2 is 2.15 bits per heavy atom. The number of carbonyl (C=O) groups is 1. The van der Waals surface area contributed by atoms with Gasteiger partial charge in [-0.2, -0.15) is 0 Å². The molecule has 20 heavy (non-hydrogen) atoms. The summed E-state index contributed by atoms with van der Waals surface area (Å²) >= 11 is 1.14. The molecule has 1 aromatic rings. The largest absolute Gasteiger partial charge is 0.353 e. The van der Waals surface area contributed by atoms with Gasteiger partial charge in [-0.1, -0.05) is 18.3 Å². The maximum atomic E-state index is 11.8. The molecule has 0 bridgehead atoms. The number of nitrogens with zero attached hydrogens (tertiary/aromatic N) is 2. The van der Waals surface area contributed by atoms with E-state index in [4.69, 9.17) is 0 Å². The fourth-order valence-electron chi connectivity index (χ4n) is 2.43. The molecule has 1 aliphatic heterocycles. The molecule has 0 aromatic carbocycles. The molecule has 0 spiro atoms. The molecule has 0 radical (unpaired) electrons. The van der Waals surface area contributed by atoms with E-state index < -0.39 is 0 Å². The van der Waals surface area contributed by atoms with Crippen LogP contribution >= 0.6 is 11.3 Å². The summed E-state index contributed by atoms with van der Waals surface area (Å²) in [5, 5.41) is 4.68. The van der Waals surface area contributed by atoms with Crippen LogP contribution in [0.4, 0.5) is 0 Å². The monoisotopic (exact) mass is 297 g/mol. The van der Waals surface area contributed by atoms with Gasteiger partial charge < -0.3 is 10.2 Å². The second kappa shape index (κ2) is 7.04. The molecule has 2 heterocycles. The maximum Gasteiger partial charge on any atom is 0.307 e. The number of hydrogen-bond donors (Lipinski definition) is 1. The van der Waals surface area contributed by atoms with E-state index in [0.29, 0.717) is 6.54 Å². The Labute approximate surface area is 123 Å². The molecular weight excluding hydrogens is 274 g/mol. The summed E-state index contributed by atoms with van der Waals surface area (Å²) in [5.74, 6) is 0.744. The van der Waals surface area contributed by atoms with E-state index >= 15 is 0 Å². The van der Waals surface area contributed by atoms with Crippen LogP contribution in [0.2, 0.25) is 0 Å². The third-order valence-corrected chi connectivity index (χ3v) is 4.79. The Bertz CT molecular complexity index is 501. The standard InChI is InChI=1S/C14H23N3O2S/c1-11-3-6-16(7-4-11)8-5-15-13(18)9-17-12(2)10-20-14(17)19/h10-11H,3-9H2,1-2H3,(H,15,18). The van der Waals surface area contributed by atoms with Crippen LogP contribution in [0.3, 0.4) is 0 Å². The number of aryl methyl sites for hydroxylation is 1. The molecule has 112 valence electrons. The highest BCUT2D eigenvalue weighted by Gasteiger charge is 2.15. The first-order valence-electron chi connectivity index (χ1n) is 7.20. The quantitative estimate of drug-likeness (QED) is 0.884. The van der Waals surface area contributed by atoms with Crippen LogP contribution in [-0.2, 0) is 11.3 Å². The highest BCUT2D eigenvalue weighted by molar-refractivity contribution is 7.07. The van der Waals surface area contributed by atoms with Crippen molar-refractivity contribution in [3.63, 3.8) is 0 Å². The van der Waals surface area contributed by atoms with Gasteiger partial charge in [0.05, 0.1) is 0 Å². The van der Waals surface area contributed by atoms with Crippen molar-refractivity contribution in [2.24, 2.45) is 5.92 Å². The SMILES string of the molecule is Cc1csc(=O)n1CC(=O)NCCN1CCC(C)CC1. The number of thiazole rings is 1. The van der Waals surface area contributed by atoms with Crippen LogP contribution < -0.4 is 10.2 Å². The van der Waals surface area contributed by atoms with E-state index in [1.54, 1.807) is 5.38 Å². The van der Waals surface area contributed by atoms with Crippen LogP contribution in [0.15, 0.2) is 10.2 Å². The van der Waals surface area contributed by atoms with Crippen molar-refractivity contribution in [3.05, 3.63) is 20.7 Å². The molecule has 0 atom stereocenters. The van der Waals surface area contributed by atoms with E-state index in [9.17, 15) is 9.59 Å². The van der Waals surface area contributed by atoms with Crippen molar-refractivity contribution in [1.29, 1.82) is 0 Å². The van der Waals surface area contributed by atoms with Crippen LogP contribution in [-0.4, -0.2) is 41.6 Å². The summed E-state index contributed by atoms with van der Waals surface area (Å²) in [5.41, 5.74) is 0.847. The van der Waals surface area contributed by atoms with Gasteiger partial charge >= 0.3 is 4.87 Å². The molecule has 0 aliphatic carbocycles. The highest BCUT2D eigenvalue weighted by atomic mass is 32.1. The summed E-state index contributed by atoms with van der Waals surface area (Å²) in [6.45, 7) is 8.08. The first-order valence-corrected chi connectivity index (χ1v) is 8.08. The van der Waals surface area contributed by atoms with Gasteiger partial charge in [-0.25, -0.2) is 0 Å². The minimum atomic E-state index is -0.0843. The minimum absolute atomic E-state index is 0.0670. The van der Waals surface area contributed by atoms with Crippen LogP contribution in [0, 0.1) is 12.8 Å². The fraction of sp³-hybridized carbons (Fsp3) is 0.714. The van der Waals surface area contributed by atoms with E-state index in [0.717, 1.165) is 42.6 Å². The molecule has 1 aliphatic rings. The molecule has 1 amide bonds. The number of piperidine rings is 1. The minimum Gasteiger partial charge on any atom is -0.353 e. The lowest BCUT2D eigenvalue weighted by atomic mass is 9.99. The Morgan fingerprint density at radius 3 is 2.75 bits per heavy atom. The highest BCUT2D eigenvalue weighted by Crippen LogP contribution is 2.14. The normalized spacial score (nSPS) is 17.3. The van der Waals surface area contributed by atoms with Crippen molar-refractivity contribution in [3.8, 4) is 0 Å². The molecule has 1 saturated heterocycles. The summed E-state index contributed by atoms with van der Waals surface area (Å²) in [7, 11) is 0. The average Bonchev–Trinajstić information content (AvgIpc) is 2.73. The number of amides is 1. The van der Waals surface area contributed by atoms with Gasteiger partial charge in [0.15, 0.2) is 0 Å². The second-order valence-electron chi connectivity index (χ2n) is 5.60. The molecule has 6 heteroatoms. The van der Waals surface area contributed by atoms with Gasteiger partial charge in [-0.15, -0.1) is 0 Å². The van der Waals surface area contributed by atoms with Gasteiger partial charge in [0.1, 0.15) is 6.54 Å². The Morgan fingerprint density at radius 1 is 1.45 bits per heavy atom. The molecule has 1 aromatic heterocycles. The lowest BCUT2D eigenvalue weighted by molar-refractivity contribution is -0.121. The zero-order valence-corrected chi connectivity index (χ0v) is 13.0. The van der Waals surface area contributed by atoms with Gasteiger partial charge in [0.2, 0.25) is 5.91 Å². The third-order valence-electron chi connectivity index (χ3n) is 3.90. The number of rotatable bonds is 5. The molecule has 0 unspecified atom stereocenters. The lowest BCUT2D eigenvalue weighted by Gasteiger charge is -2.30. The lowest BCUT2D eigenvalue weighted by Crippen LogP contribution is -2.40. The fourth-order valence-corrected chi connectivity index (χ4v) is 3.17. The Hall–Kier alpha value is -1.14. The zero-order valence-electron chi connectivity index (χ0n) is 12.2. The molecule has 0 saturated carbocycles. The Kier molecular flexibility index (Phi) is 5.37. The number of hydrogen-bond acceptors (Lipinski definition) is 4. The second-order valence-corrected chi connectivity index (χ2v) is 6.42. The number of carbonyl (C=O) groups excluding carboxylic acids is 1. The van der Waals surface area contributed by atoms with Crippen molar-refractivity contribution in [1.82, 2.24) is 14.8 Å². The number of likely N-dealkylation sites (tertiary alicyclic amines) is 1. The van der Waals surface area contributed by atoms with Crippen molar-refractivity contribution < 1.29 is 4.79 Å². The van der Waals surface area contributed by atoms with E-state index in [-0.39, 0.29) is 17.3 Å². The molecule has 5 nitrogen and oxygen atoms in total. The predicted molar refractivity (Wildman–Crippen MR) is 81.2 cm³/mol. The maximum absolute atomic E-state index is 11.8. The van der Waals surface area contributed by atoms with Crippen molar-refractivity contribution in [2.75, 3.05) is 26.2 Å². The van der Waals surface area contributed by atoms with Gasteiger partial charge in [-0.3, -0.25) is 14.2 Å². The predicted octanol–water partition coefficient (Wildman–Crippen LogP) is 1.07. The summed E-state index contributed by atoms with van der Waals surface area (Å²) in [4.78, 5) is 25.7. The summed E-state index contributed by atoms with van der Waals surface area (Å²) in [6, 6.07) is 0. The molecule has 1 N–H and O–H groups in total. The molecule has 1 fully saturated rings. The first-order chi connectivity index (χ1) is 9.56. The van der Waals surface area contributed by atoms with E-state index in [1.165, 1.54) is 17.4 Å². The van der Waals surface area contributed by atoms with E-state index in [2.05, 4.69) is 17.1 Å². The smallest absolute Gasteiger partial charge is 0.307 e. The van der Waals surface area contributed by atoms with Gasteiger partial charge in [0, 0.05) is 24.2 Å². The van der Waals surface area contributed by atoms with Gasteiger partial charge in [-0.05, 0) is 38.8 Å². The number of nitrogens with one attached hydrogen (secondary N) is 1. The molecular formula is C14H23N3O2S.